The Hall–Kier alpha value is -2.01. The molecule has 0 saturated heterocycles. The number of aryl methyl sites for hydroxylation is 2. The molecular formula is C13H12N2O2S. The van der Waals surface area contributed by atoms with Crippen LogP contribution in [0, 0.1) is 13.8 Å². The summed E-state index contributed by atoms with van der Waals surface area (Å²) in [4.78, 5) is 28.5. The van der Waals surface area contributed by atoms with Gasteiger partial charge in [0.25, 0.3) is 11.7 Å². The molecule has 0 saturated carbocycles. The van der Waals surface area contributed by atoms with Crippen LogP contribution in [0.15, 0.2) is 30.5 Å². The molecule has 0 bridgehead atoms. The first-order chi connectivity index (χ1) is 8.56. The summed E-state index contributed by atoms with van der Waals surface area (Å²) in [6, 6.07) is 6.89. The van der Waals surface area contributed by atoms with E-state index >= 15 is 0 Å². The van der Waals surface area contributed by atoms with Gasteiger partial charge in [0.15, 0.2) is 5.13 Å². The number of hydrogen-bond acceptors (Lipinski definition) is 4. The SMILES string of the molecule is Cc1ccc(C(=O)C(=O)Nc2ncc(C)s2)cc1. The van der Waals surface area contributed by atoms with Crippen LogP contribution in [0.5, 0.6) is 0 Å². The van der Waals surface area contributed by atoms with E-state index in [-0.39, 0.29) is 0 Å². The van der Waals surface area contributed by atoms with Crippen LogP contribution in [0.3, 0.4) is 0 Å². The molecule has 1 aromatic carbocycles. The fraction of sp³-hybridized carbons (Fsp3) is 0.154. The van der Waals surface area contributed by atoms with Gasteiger partial charge in [0.2, 0.25) is 0 Å². The van der Waals surface area contributed by atoms with Crippen molar-refractivity contribution >= 4 is 28.2 Å². The predicted octanol–water partition coefficient (Wildman–Crippen LogP) is 2.58. The van der Waals surface area contributed by atoms with E-state index in [1.807, 2.05) is 13.8 Å². The molecule has 5 heteroatoms. The number of carbonyl (C=O) groups excluding carboxylic acids is 2. The fourth-order valence-corrected chi connectivity index (χ4v) is 2.06. The Morgan fingerprint density at radius 3 is 2.39 bits per heavy atom. The highest BCUT2D eigenvalue weighted by Gasteiger charge is 2.17. The molecule has 2 aromatic rings. The summed E-state index contributed by atoms with van der Waals surface area (Å²) in [6.45, 7) is 3.81. The normalized spacial score (nSPS) is 10.1. The van der Waals surface area contributed by atoms with Gasteiger partial charge in [0, 0.05) is 16.6 Å². The highest BCUT2D eigenvalue weighted by Crippen LogP contribution is 2.16. The monoisotopic (exact) mass is 260 g/mol. The average molecular weight is 260 g/mol. The van der Waals surface area contributed by atoms with Crippen LogP contribution in [0.25, 0.3) is 0 Å². The maximum absolute atomic E-state index is 11.8. The molecule has 2 rings (SSSR count). The minimum Gasteiger partial charge on any atom is -0.295 e. The maximum atomic E-state index is 11.8. The molecule has 0 aliphatic carbocycles. The van der Waals surface area contributed by atoms with Crippen LogP contribution in [0.4, 0.5) is 5.13 Å². The average Bonchev–Trinajstić information content (AvgIpc) is 2.75. The Balaban J connectivity index is 2.09. The number of anilines is 1. The number of aromatic nitrogens is 1. The summed E-state index contributed by atoms with van der Waals surface area (Å²) in [5.74, 6) is -1.21. The molecule has 1 N–H and O–H groups in total. The minimum absolute atomic E-state index is 0.381. The summed E-state index contributed by atoms with van der Waals surface area (Å²) in [7, 11) is 0. The van der Waals surface area contributed by atoms with Gasteiger partial charge in [-0.05, 0) is 13.8 Å². The Bertz CT molecular complexity index is 587. The number of nitrogens with zero attached hydrogens (tertiary/aromatic N) is 1. The van der Waals surface area contributed by atoms with Gasteiger partial charge in [0.05, 0.1) is 0 Å². The minimum atomic E-state index is -0.659. The summed E-state index contributed by atoms with van der Waals surface area (Å²) in [5.41, 5.74) is 1.42. The van der Waals surface area contributed by atoms with E-state index in [1.54, 1.807) is 30.5 Å². The zero-order valence-corrected chi connectivity index (χ0v) is 10.9. The third kappa shape index (κ3) is 2.81. The molecule has 18 heavy (non-hydrogen) atoms. The predicted molar refractivity (Wildman–Crippen MR) is 71.0 cm³/mol. The Morgan fingerprint density at radius 1 is 1.17 bits per heavy atom. The third-order valence-electron chi connectivity index (χ3n) is 2.36. The van der Waals surface area contributed by atoms with E-state index in [2.05, 4.69) is 10.3 Å². The van der Waals surface area contributed by atoms with Crippen LogP contribution in [0.2, 0.25) is 0 Å². The van der Waals surface area contributed by atoms with Gasteiger partial charge in [-0.1, -0.05) is 29.8 Å². The van der Waals surface area contributed by atoms with Crippen molar-refractivity contribution in [2.75, 3.05) is 5.32 Å². The Kier molecular flexibility index (Phi) is 3.53. The van der Waals surface area contributed by atoms with Gasteiger partial charge in [-0.25, -0.2) is 4.98 Å². The molecule has 1 aromatic heterocycles. The van der Waals surface area contributed by atoms with Crippen molar-refractivity contribution in [1.82, 2.24) is 4.98 Å². The molecule has 92 valence electrons. The number of nitrogens with one attached hydrogen (secondary N) is 1. The summed E-state index contributed by atoms with van der Waals surface area (Å²) < 4.78 is 0. The van der Waals surface area contributed by atoms with Crippen LogP contribution in [-0.4, -0.2) is 16.7 Å². The maximum Gasteiger partial charge on any atom is 0.298 e. The second-order valence-electron chi connectivity index (χ2n) is 3.93. The largest absolute Gasteiger partial charge is 0.298 e. The summed E-state index contributed by atoms with van der Waals surface area (Å²) in [6.07, 6.45) is 1.65. The lowest BCUT2D eigenvalue weighted by atomic mass is 10.1. The molecule has 0 unspecified atom stereocenters. The Labute approximate surface area is 109 Å². The second-order valence-corrected chi connectivity index (χ2v) is 5.16. The van der Waals surface area contributed by atoms with Crippen LogP contribution in [0.1, 0.15) is 20.8 Å². The summed E-state index contributed by atoms with van der Waals surface area (Å²) >= 11 is 1.34. The van der Waals surface area contributed by atoms with E-state index in [9.17, 15) is 9.59 Å². The van der Waals surface area contributed by atoms with Gasteiger partial charge in [-0.3, -0.25) is 14.9 Å². The van der Waals surface area contributed by atoms with Crippen LogP contribution < -0.4 is 5.32 Å². The van der Waals surface area contributed by atoms with Crippen molar-refractivity contribution in [2.45, 2.75) is 13.8 Å². The van der Waals surface area contributed by atoms with Crippen LogP contribution >= 0.6 is 11.3 Å². The fourth-order valence-electron chi connectivity index (χ4n) is 1.40. The van der Waals surface area contributed by atoms with E-state index in [0.29, 0.717) is 10.7 Å². The molecule has 1 heterocycles. The van der Waals surface area contributed by atoms with Gasteiger partial charge >= 0.3 is 0 Å². The molecule has 0 atom stereocenters. The van der Waals surface area contributed by atoms with Gasteiger partial charge in [-0.2, -0.15) is 0 Å². The van der Waals surface area contributed by atoms with E-state index in [0.717, 1.165) is 10.4 Å². The van der Waals surface area contributed by atoms with Crippen molar-refractivity contribution in [1.29, 1.82) is 0 Å². The number of amides is 1. The number of rotatable bonds is 3. The standard InChI is InChI=1S/C13H12N2O2S/c1-8-3-5-10(6-4-8)11(16)12(17)15-13-14-7-9(2)18-13/h3-7H,1-2H3,(H,14,15,17). The lowest BCUT2D eigenvalue weighted by molar-refractivity contribution is -0.112. The first-order valence-electron chi connectivity index (χ1n) is 5.41. The van der Waals surface area contributed by atoms with Crippen molar-refractivity contribution in [3.63, 3.8) is 0 Å². The molecule has 0 spiro atoms. The molecule has 1 amide bonds. The van der Waals surface area contributed by atoms with Crippen molar-refractivity contribution in [3.05, 3.63) is 46.5 Å². The lowest BCUT2D eigenvalue weighted by Crippen LogP contribution is -2.22. The van der Waals surface area contributed by atoms with Crippen LogP contribution in [-0.2, 0) is 4.79 Å². The molecule has 0 aliphatic heterocycles. The molecule has 0 radical (unpaired) electrons. The van der Waals surface area contributed by atoms with Gasteiger partial charge < -0.3 is 0 Å². The highest BCUT2D eigenvalue weighted by molar-refractivity contribution is 7.15. The molecular weight excluding hydrogens is 248 g/mol. The number of hydrogen-bond donors (Lipinski definition) is 1. The second kappa shape index (κ2) is 5.10. The Morgan fingerprint density at radius 2 is 1.83 bits per heavy atom. The topological polar surface area (TPSA) is 59.1 Å². The zero-order chi connectivity index (χ0) is 13.1. The number of thiazole rings is 1. The first-order valence-corrected chi connectivity index (χ1v) is 6.22. The zero-order valence-electron chi connectivity index (χ0n) is 10.1. The smallest absolute Gasteiger partial charge is 0.295 e. The van der Waals surface area contributed by atoms with Crippen molar-refractivity contribution < 1.29 is 9.59 Å². The van der Waals surface area contributed by atoms with E-state index in [4.69, 9.17) is 0 Å². The number of Topliss-reactive ketones (excluding diaryl/α,β-unsaturated/α-hetero) is 1. The quantitative estimate of drug-likeness (QED) is 0.681. The lowest BCUT2D eigenvalue weighted by Gasteiger charge is -2.01. The van der Waals surface area contributed by atoms with E-state index < -0.39 is 11.7 Å². The number of ketones is 1. The number of benzene rings is 1. The van der Waals surface area contributed by atoms with Gasteiger partial charge in [0.1, 0.15) is 0 Å². The first kappa shape index (κ1) is 12.4. The van der Waals surface area contributed by atoms with E-state index in [1.165, 1.54) is 11.3 Å². The van der Waals surface area contributed by atoms with Gasteiger partial charge in [-0.15, -0.1) is 11.3 Å². The van der Waals surface area contributed by atoms with Crippen molar-refractivity contribution in [2.24, 2.45) is 0 Å². The summed E-state index contributed by atoms with van der Waals surface area (Å²) in [5, 5.41) is 2.94. The highest BCUT2D eigenvalue weighted by atomic mass is 32.1. The molecule has 0 aliphatic rings. The van der Waals surface area contributed by atoms with Crippen molar-refractivity contribution in [3.8, 4) is 0 Å². The molecule has 0 fully saturated rings. The third-order valence-corrected chi connectivity index (χ3v) is 3.19. The number of carbonyl (C=O) groups is 2. The molecule has 4 nitrogen and oxygen atoms in total.